The molecule has 150 valence electrons. The smallest absolute Gasteiger partial charge is 0.336 e. The van der Waals surface area contributed by atoms with E-state index in [1.54, 1.807) is 25.1 Å². The summed E-state index contributed by atoms with van der Waals surface area (Å²) in [5, 5.41) is 5.66. The first-order chi connectivity index (χ1) is 13.7. The molecular formula is C22H22N2O5. The number of carbonyl (C=O) groups is 2. The molecule has 0 fully saturated rings. The molecule has 0 radical (unpaired) electrons. The third-order valence-electron chi connectivity index (χ3n) is 4.56. The van der Waals surface area contributed by atoms with Gasteiger partial charge in [0, 0.05) is 22.7 Å². The highest BCUT2D eigenvalue weighted by molar-refractivity contribution is 6.02. The Morgan fingerprint density at radius 3 is 2.48 bits per heavy atom. The van der Waals surface area contributed by atoms with Crippen molar-refractivity contribution in [2.45, 2.75) is 27.7 Å². The van der Waals surface area contributed by atoms with Crippen LogP contribution in [-0.2, 0) is 4.79 Å². The molecule has 2 aromatic carbocycles. The Kier molecular flexibility index (Phi) is 5.68. The number of ether oxygens (including phenoxy) is 1. The summed E-state index contributed by atoms with van der Waals surface area (Å²) in [5.41, 5.74) is 3.97. The van der Waals surface area contributed by atoms with Gasteiger partial charge in [-0.3, -0.25) is 10.1 Å². The van der Waals surface area contributed by atoms with Gasteiger partial charge in [0.25, 0.3) is 5.91 Å². The number of hydrogen-bond donors (Lipinski definition) is 2. The van der Waals surface area contributed by atoms with Crippen molar-refractivity contribution in [3.8, 4) is 5.75 Å². The summed E-state index contributed by atoms with van der Waals surface area (Å²) in [5.74, 6) is -0.200. The number of benzene rings is 2. The average molecular weight is 394 g/mol. The SMILES string of the molecule is Cc1ccc(NC(=O)NC(=O)COc2ccc3c(C)cc(=O)oc3c2C)c(C)c1. The van der Waals surface area contributed by atoms with E-state index in [-0.39, 0.29) is 6.61 Å². The molecule has 0 spiro atoms. The molecule has 3 aromatic rings. The summed E-state index contributed by atoms with van der Waals surface area (Å²) in [6, 6.07) is 9.83. The molecule has 0 aliphatic rings. The zero-order valence-electron chi connectivity index (χ0n) is 16.7. The summed E-state index contributed by atoms with van der Waals surface area (Å²) < 4.78 is 10.8. The Labute approximate surface area is 167 Å². The van der Waals surface area contributed by atoms with Crippen LogP contribution in [0.2, 0.25) is 0 Å². The van der Waals surface area contributed by atoms with E-state index in [2.05, 4.69) is 10.6 Å². The number of carbonyl (C=O) groups excluding carboxylic acids is 2. The average Bonchev–Trinajstić information content (AvgIpc) is 2.64. The molecule has 29 heavy (non-hydrogen) atoms. The zero-order chi connectivity index (χ0) is 21.1. The van der Waals surface area contributed by atoms with E-state index in [4.69, 9.17) is 9.15 Å². The van der Waals surface area contributed by atoms with Crippen LogP contribution in [0.1, 0.15) is 22.3 Å². The molecule has 0 aliphatic carbocycles. The standard InChI is InChI=1S/C22H22N2O5/c1-12-5-7-17(14(3)9-12)23-22(27)24-19(25)11-28-18-8-6-16-13(2)10-20(26)29-21(16)15(18)4/h5-10H,11H2,1-4H3,(H2,23,24,25,27). The number of nitrogens with one attached hydrogen (secondary N) is 2. The van der Waals surface area contributed by atoms with E-state index < -0.39 is 17.6 Å². The summed E-state index contributed by atoms with van der Waals surface area (Å²) in [6.45, 7) is 7.03. The first-order valence-electron chi connectivity index (χ1n) is 9.09. The van der Waals surface area contributed by atoms with Crippen LogP contribution in [0.3, 0.4) is 0 Å². The minimum atomic E-state index is -0.637. The highest BCUT2D eigenvalue weighted by Gasteiger charge is 2.13. The molecule has 2 N–H and O–H groups in total. The van der Waals surface area contributed by atoms with E-state index in [9.17, 15) is 14.4 Å². The minimum Gasteiger partial charge on any atom is -0.483 e. The molecule has 0 aliphatic heterocycles. The van der Waals surface area contributed by atoms with Crippen LogP contribution in [0, 0.1) is 27.7 Å². The molecule has 0 saturated carbocycles. The van der Waals surface area contributed by atoms with Crippen molar-refractivity contribution < 1.29 is 18.7 Å². The molecule has 7 heteroatoms. The van der Waals surface area contributed by atoms with Crippen LogP contribution in [0.5, 0.6) is 5.75 Å². The largest absolute Gasteiger partial charge is 0.483 e. The second kappa shape index (κ2) is 8.18. The van der Waals surface area contributed by atoms with Crippen LogP contribution in [0.15, 0.2) is 45.6 Å². The number of anilines is 1. The van der Waals surface area contributed by atoms with Gasteiger partial charge in [-0.1, -0.05) is 17.7 Å². The summed E-state index contributed by atoms with van der Waals surface area (Å²) in [6.07, 6.45) is 0. The summed E-state index contributed by atoms with van der Waals surface area (Å²) in [7, 11) is 0. The van der Waals surface area contributed by atoms with Crippen molar-refractivity contribution >= 4 is 28.6 Å². The fourth-order valence-electron chi connectivity index (χ4n) is 3.07. The maximum absolute atomic E-state index is 12.1. The van der Waals surface area contributed by atoms with E-state index in [1.807, 2.05) is 32.9 Å². The number of aryl methyl sites for hydroxylation is 4. The zero-order valence-corrected chi connectivity index (χ0v) is 16.7. The van der Waals surface area contributed by atoms with Crippen molar-refractivity contribution in [3.05, 3.63) is 69.1 Å². The molecule has 3 rings (SSSR count). The molecule has 7 nitrogen and oxygen atoms in total. The van der Waals surface area contributed by atoms with Crippen LogP contribution in [0.25, 0.3) is 11.0 Å². The van der Waals surface area contributed by atoms with Crippen molar-refractivity contribution in [1.82, 2.24) is 5.32 Å². The predicted molar refractivity (Wildman–Crippen MR) is 111 cm³/mol. The maximum Gasteiger partial charge on any atom is 0.336 e. The number of urea groups is 1. The Hall–Kier alpha value is -3.61. The Bertz CT molecular complexity index is 1160. The number of fused-ring (bicyclic) bond motifs is 1. The Balaban J connectivity index is 1.64. The maximum atomic E-state index is 12.1. The third-order valence-corrected chi connectivity index (χ3v) is 4.56. The van der Waals surface area contributed by atoms with Crippen molar-refractivity contribution in [3.63, 3.8) is 0 Å². The van der Waals surface area contributed by atoms with Crippen molar-refractivity contribution in [2.24, 2.45) is 0 Å². The van der Waals surface area contributed by atoms with Crippen LogP contribution >= 0.6 is 0 Å². The lowest BCUT2D eigenvalue weighted by Gasteiger charge is -2.12. The third kappa shape index (κ3) is 4.63. The van der Waals surface area contributed by atoms with Gasteiger partial charge < -0.3 is 14.5 Å². The predicted octanol–water partition coefficient (Wildman–Crippen LogP) is 3.75. The summed E-state index contributed by atoms with van der Waals surface area (Å²) in [4.78, 5) is 35.7. The van der Waals surface area contributed by atoms with Crippen molar-refractivity contribution in [2.75, 3.05) is 11.9 Å². The van der Waals surface area contributed by atoms with Gasteiger partial charge in [0.15, 0.2) is 6.61 Å². The molecule has 0 saturated heterocycles. The van der Waals surface area contributed by atoms with E-state index in [0.717, 1.165) is 22.1 Å². The fourth-order valence-corrected chi connectivity index (χ4v) is 3.07. The number of hydrogen-bond acceptors (Lipinski definition) is 5. The highest BCUT2D eigenvalue weighted by atomic mass is 16.5. The number of rotatable bonds is 4. The van der Waals surface area contributed by atoms with Gasteiger partial charge in [0.05, 0.1) is 0 Å². The van der Waals surface area contributed by atoms with Crippen LogP contribution < -0.4 is 21.0 Å². The van der Waals surface area contributed by atoms with Crippen LogP contribution in [0.4, 0.5) is 10.5 Å². The van der Waals surface area contributed by atoms with Crippen LogP contribution in [-0.4, -0.2) is 18.5 Å². The monoisotopic (exact) mass is 394 g/mol. The highest BCUT2D eigenvalue weighted by Crippen LogP contribution is 2.28. The number of imide groups is 1. The number of amides is 3. The van der Waals surface area contributed by atoms with Gasteiger partial charge in [-0.15, -0.1) is 0 Å². The van der Waals surface area contributed by atoms with Gasteiger partial charge in [0.2, 0.25) is 0 Å². The van der Waals surface area contributed by atoms with E-state index in [0.29, 0.717) is 22.6 Å². The summed E-state index contributed by atoms with van der Waals surface area (Å²) >= 11 is 0. The van der Waals surface area contributed by atoms with E-state index >= 15 is 0 Å². The lowest BCUT2D eigenvalue weighted by atomic mass is 10.1. The Morgan fingerprint density at radius 2 is 1.76 bits per heavy atom. The second-order valence-corrected chi connectivity index (χ2v) is 6.92. The lowest BCUT2D eigenvalue weighted by molar-refractivity contribution is -0.121. The van der Waals surface area contributed by atoms with Crippen molar-refractivity contribution in [1.29, 1.82) is 0 Å². The molecule has 1 heterocycles. The van der Waals surface area contributed by atoms with E-state index in [1.165, 1.54) is 6.07 Å². The lowest BCUT2D eigenvalue weighted by Crippen LogP contribution is -2.37. The molecule has 0 atom stereocenters. The molecular weight excluding hydrogens is 372 g/mol. The van der Waals surface area contributed by atoms with Gasteiger partial charge in [-0.05, 0) is 57.0 Å². The van der Waals surface area contributed by atoms with Gasteiger partial charge in [0.1, 0.15) is 11.3 Å². The normalized spacial score (nSPS) is 10.6. The quantitative estimate of drug-likeness (QED) is 0.657. The van der Waals surface area contributed by atoms with Gasteiger partial charge in [-0.25, -0.2) is 9.59 Å². The first kappa shape index (κ1) is 20.1. The minimum absolute atomic E-state index is 0.358. The fraction of sp³-hybridized carbons (Fsp3) is 0.227. The molecule has 1 aromatic heterocycles. The topological polar surface area (TPSA) is 97.6 Å². The molecule has 3 amide bonds. The Morgan fingerprint density at radius 1 is 1.00 bits per heavy atom. The first-order valence-corrected chi connectivity index (χ1v) is 9.09. The van der Waals surface area contributed by atoms with Gasteiger partial charge >= 0.3 is 11.7 Å². The second-order valence-electron chi connectivity index (χ2n) is 6.92. The molecule has 0 bridgehead atoms. The van der Waals surface area contributed by atoms with Gasteiger partial charge in [-0.2, -0.15) is 0 Å². The molecule has 0 unspecified atom stereocenters.